The fourth-order valence-electron chi connectivity index (χ4n) is 1.30. The molecule has 4 nitrogen and oxygen atoms in total. The standard InChI is InChI=1S/C9H11BrN4S3/c1-5-7(10)6(14(2)13-5)4-16-9-12-11-8(15-3)17-9/h4H2,1-3H3. The quantitative estimate of drug-likeness (QED) is 0.791. The Bertz CT molecular complexity index is 522. The molecule has 0 N–H and O–H groups in total. The fraction of sp³-hybridized carbons (Fsp3) is 0.444. The Morgan fingerprint density at radius 3 is 2.59 bits per heavy atom. The van der Waals surface area contributed by atoms with Gasteiger partial charge in [0, 0.05) is 12.8 Å². The van der Waals surface area contributed by atoms with Crippen LogP contribution >= 0.6 is 50.8 Å². The summed E-state index contributed by atoms with van der Waals surface area (Å²) in [6.45, 7) is 2.00. The van der Waals surface area contributed by atoms with Crippen LogP contribution in [0.2, 0.25) is 0 Å². The number of aryl methyl sites for hydroxylation is 2. The van der Waals surface area contributed by atoms with Crippen molar-refractivity contribution in [3.63, 3.8) is 0 Å². The summed E-state index contributed by atoms with van der Waals surface area (Å²) in [4.78, 5) is 0. The first-order chi connectivity index (χ1) is 8.11. The van der Waals surface area contributed by atoms with Crippen LogP contribution in [0.1, 0.15) is 11.4 Å². The molecule has 0 spiro atoms. The Hall–Kier alpha value is -0.0500. The molecule has 0 amide bonds. The van der Waals surface area contributed by atoms with E-state index in [1.807, 2.05) is 24.9 Å². The summed E-state index contributed by atoms with van der Waals surface area (Å²) < 4.78 is 5.00. The predicted octanol–water partition coefficient (Wildman–Crippen LogP) is 3.36. The number of hydrogen-bond donors (Lipinski definition) is 0. The highest BCUT2D eigenvalue weighted by molar-refractivity contribution is 9.10. The minimum absolute atomic E-state index is 0.848. The van der Waals surface area contributed by atoms with Crippen LogP contribution in [-0.2, 0) is 12.8 Å². The van der Waals surface area contributed by atoms with Crippen LogP contribution in [0.4, 0.5) is 0 Å². The van der Waals surface area contributed by atoms with Crippen molar-refractivity contribution in [2.75, 3.05) is 6.26 Å². The van der Waals surface area contributed by atoms with E-state index >= 15 is 0 Å². The van der Waals surface area contributed by atoms with Crippen molar-refractivity contribution in [1.82, 2.24) is 20.0 Å². The molecule has 2 rings (SSSR count). The van der Waals surface area contributed by atoms with Crippen molar-refractivity contribution in [1.29, 1.82) is 0 Å². The molecule has 0 saturated heterocycles. The maximum absolute atomic E-state index is 4.36. The van der Waals surface area contributed by atoms with E-state index in [0.29, 0.717) is 0 Å². The summed E-state index contributed by atoms with van der Waals surface area (Å²) in [7, 11) is 1.96. The molecule has 0 unspecified atom stereocenters. The van der Waals surface area contributed by atoms with Gasteiger partial charge in [0.05, 0.1) is 15.9 Å². The van der Waals surface area contributed by atoms with Crippen molar-refractivity contribution >= 4 is 50.8 Å². The number of hydrogen-bond acceptors (Lipinski definition) is 6. The molecule has 0 aliphatic carbocycles. The molecule has 17 heavy (non-hydrogen) atoms. The van der Waals surface area contributed by atoms with Crippen molar-refractivity contribution in [2.24, 2.45) is 7.05 Å². The second-order valence-electron chi connectivity index (χ2n) is 3.30. The van der Waals surface area contributed by atoms with Gasteiger partial charge in [-0.15, -0.1) is 10.2 Å². The topological polar surface area (TPSA) is 43.6 Å². The smallest absolute Gasteiger partial charge is 0.175 e. The van der Waals surface area contributed by atoms with Gasteiger partial charge < -0.3 is 0 Å². The number of rotatable bonds is 4. The Morgan fingerprint density at radius 1 is 1.35 bits per heavy atom. The van der Waals surface area contributed by atoms with Gasteiger partial charge in [0.15, 0.2) is 8.68 Å². The maximum atomic E-state index is 4.36. The van der Waals surface area contributed by atoms with Crippen LogP contribution in [0.15, 0.2) is 13.2 Å². The molecule has 2 aromatic rings. The van der Waals surface area contributed by atoms with E-state index in [9.17, 15) is 0 Å². The Kier molecular flexibility index (Phi) is 4.51. The van der Waals surface area contributed by atoms with Crippen LogP contribution in [0.3, 0.4) is 0 Å². The molecular formula is C9H11BrN4S3. The largest absolute Gasteiger partial charge is 0.270 e. The molecular weight excluding hydrogens is 340 g/mol. The first kappa shape index (κ1) is 13.4. The van der Waals surface area contributed by atoms with E-state index in [-0.39, 0.29) is 0 Å². The molecule has 0 radical (unpaired) electrons. The predicted molar refractivity (Wildman–Crippen MR) is 76.9 cm³/mol. The maximum Gasteiger partial charge on any atom is 0.175 e. The third kappa shape index (κ3) is 3.04. The lowest BCUT2D eigenvalue weighted by molar-refractivity contribution is 0.727. The monoisotopic (exact) mass is 350 g/mol. The van der Waals surface area contributed by atoms with E-state index < -0.39 is 0 Å². The van der Waals surface area contributed by atoms with Crippen LogP contribution in [0, 0.1) is 6.92 Å². The Morgan fingerprint density at radius 2 is 2.06 bits per heavy atom. The highest BCUT2D eigenvalue weighted by atomic mass is 79.9. The Balaban J connectivity index is 2.07. The van der Waals surface area contributed by atoms with E-state index in [0.717, 1.165) is 24.6 Å². The third-order valence-electron chi connectivity index (χ3n) is 2.16. The van der Waals surface area contributed by atoms with Gasteiger partial charge in [0.1, 0.15) is 0 Å². The summed E-state index contributed by atoms with van der Waals surface area (Å²) in [6, 6.07) is 0. The Labute approximate surface area is 121 Å². The zero-order valence-electron chi connectivity index (χ0n) is 9.60. The van der Waals surface area contributed by atoms with Crippen LogP contribution in [0.25, 0.3) is 0 Å². The second-order valence-corrected chi connectivity index (χ2v) is 7.34. The molecule has 2 heterocycles. The third-order valence-corrected chi connectivity index (χ3v) is 6.23. The molecule has 0 saturated carbocycles. The summed E-state index contributed by atoms with van der Waals surface area (Å²) in [5.41, 5.74) is 2.19. The van der Waals surface area contributed by atoms with Gasteiger partial charge in [-0.3, -0.25) is 4.68 Å². The molecule has 0 atom stereocenters. The molecule has 92 valence electrons. The van der Waals surface area contributed by atoms with Gasteiger partial charge in [-0.1, -0.05) is 34.9 Å². The molecule has 0 aliphatic rings. The number of halogens is 1. The zero-order chi connectivity index (χ0) is 12.4. The lowest BCUT2D eigenvalue weighted by Crippen LogP contribution is -1.96. The van der Waals surface area contributed by atoms with Gasteiger partial charge in [0.2, 0.25) is 0 Å². The first-order valence-electron chi connectivity index (χ1n) is 4.80. The highest BCUT2D eigenvalue weighted by Gasteiger charge is 2.12. The minimum atomic E-state index is 0.848. The molecule has 8 heteroatoms. The fourth-order valence-corrected chi connectivity index (χ4v) is 4.47. The van der Waals surface area contributed by atoms with Crippen molar-refractivity contribution in [3.8, 4) is 0 Å². The van der Waals surface area contributed by atoms with E-state index in [1.54, 1.807) is 34.9 Å². The highest BCUT2D eigenvalue weighted by Crippen LogP contribution is 2.32. The second kappa shape index (κ2) is 5.73. The van der Waals surface area contributed by atoms with Crippen LogP contribution in [-0.4, -0.2) is 26.2 Å². The van der Waals surface area contributed by atoms with Crippen molar-refractivity contribution in [3.05, 3.63) is 15.9 Å². The van der Waals surface area contributed by atoms with E-state index in [2.05, 4.69) is 31.2 Å². The van der Waals surface area contributed by atoms with E-state index in [1.165, 1.54) is 5.69 Å². The zero-order valence-corrected chi connectivity index (χ0v) is 13.6. The number of nitrogens with zero attached hydrogens (tertiary/aromatic N) is 4. The number of thioether (sulfide) groups is 2. The normalized spacial score (nSPS) is 11.1. The first-order valence-corrected chi connectivity index (χ1v) is 8.62. The molecule has 0 aromatic carbocycles. The van der Waals surface area contributed by atoms with Crippen molar-refractivity contribution < 1.29 is 0 Å². The minimum Gasteiger partial charge on any atom is -0.270 e. The van der Waals surface area contributed by atoms with Crippen LogP contribution < -0.4 is 0 Å². The average molecular weight is 351 g/mol. The summed E-state index contributed by atoms with van der Waals surface area (Å²) in [5, 5.41) is 12.6. The molecule has 0 fully saturated rings. The van der Waals surface area contributed by atoms with Gasteiger partial charge in [-0.25, -0.2) is 0 Å². The molecule has 0 aliphatic heterocycles. The van der Waals surface area contributed by atoms with Crippen molar-refractivity contribution in [2.45, 2.75) is 21.4 Å². The van der Waals surface area contributed by atoms with Crippen LogP contribution in [0.5, 0.6) is 0 Å². The summed E-state index contributed by atoms with van der Waals surface area (Å²) in [6.07, 6.45) is 2.01. The van der Waals surface area contributed by atoms with Gasteiger partial charge in [0.25, 0.3) is 0 Å². The SMILES string of the molecule is CSc1nnc(SCc2c(Br)c(C)nn2C)s1. The lowest BCUT2D eigenvalue weighted by atomic mass is 10.4. The van der Waals surface area contributed by atoms with Gasteiger partial charge in [-0.2, -0.15) is 5.10 Å². The number of aromatic nitrogens is 4. The molecule has 0 bridgehead atoms. The molecule has 2 aromatic heterocycles. The lowest BCUT2D eigenvalue weighted by Gasteiger charge is -2.00. The van der Waals surface area contributed by atoms with Gasteiger partial charge >= 0.3 is 0 Å². The van der Waals surface area contributed by atoms with Gasteiger partial charge in [-0.05, 0) is 29.1 Å². The van der Waals surface area contributed by atoms with E-state index in [4.69, 9.17) is 0 Å². The summed E-state index contributed by atoms with van der Waals surface area (Å²) in [5.74, 6) is 0.848. The summed E-state index contributed by atoms with van der Waals surface area (Å²) >= 11 is 8.51. The average Bonchev–Trinajstić information content (AvgIpc) is 2.84.